The number of hydrogen-bond acceptors (Lipinski definition) is 7. The van der Waals surface area contributed by atoms with E-state index in [4.69, 9.17) is 18.9 Å². The van der Waals surface area contributed by atoms with E-state index in [0.717, 1.165) is 0 Å². The maximum absolute atomic E-state index is 12.6. The lowest BCUT2D eigenvalue weighted by Crippen LogP contribution is -2.39. The van der Waals surface area contributed by atoms with E-state index in [1.165, 1.54) is 33.5 Å². The zero-order valence-corrected chi connectivity index (χ0v) is 16.1. The number of ether oxygens (including phenoxy) is 4. The predicted octanol–water partition coefficient (Wildman–Crippen LogP) is 2.22. The largest absolute Gasteiger partial charge is 0.493 e. The molecule has 0 saturated heterocycles. The summed E-state index contributed by atoms with van der Waals surface area (Å²) >= 11 is 0. The minimum atomic E-state index is -1.01. The monoisotopic (exact) mass is 400 g/mol. The molecule has 9 heteroatoms. The van der Waals surface area contributed by atoms with Crippen molar-refractivity contribution in [2.75, 3.05) is 32.0 Å². The standard InChI is InChI=1S/C20H20N2O7/c1-26-15-8-11(20(25)28-3)13(9-16(15)27-2)21-18(23)10-17-19(24)22-12-6-4-5-7-14(12)29-17/h4-9,17H,10H2,1-3H3,(H,21,23)(H,22,24). The van der Waals surface area contributed by atoms with Crippen LogP contribution in [0.4, 0.5) is 11.4 Å². The summed E-state index contributed by atoms with van der Waals surface area (Å²) in [6.45, 7) is 0. The summed E-state index contributed by atoms with van der Waals surface area (Å²) in [5.74, 6) is -0.525. The Morgan fingerprint density at radius 1 is 1.10 bits per heavy atom. The molecule has 1 heterocycles. The lowest BCUT2D eigenvalue weighted by molar-refractivity contribution is -0.128. The first kappa shape index (κ1) is 20.0. The van der Waals surface area contributed by atoms with Crippen LogP contribution in [0.2, 0.25) is 0 Å². The number of carbonyl (C=O) groups excluding carboxylic acids is 3. The molecule has 0 saturated carbocycles. The molecule has 152 valence electrons. The number of anilines is 2. The van der Waals surface area contributed by atoms with Gasteiger partial charge in [0.2, 0.25) is 5.91 Å². The molecule has 2 amide bonds. The highest BCUT2D eigenvalue weighted by Gasteiger charge is 2.30. The van der Waals surface area contributed by atoms with Crippen LogP contribution in [-0.2, 0) is 14.3 Å². The van der Waals surface area contributed by atoms with E-state index in [2.05, 4.69) is 10.6 Å². The van der Waals surface area contributed by atoms with Gasteiger partial charge in [-0.1, -0.05) is 12.1 Å². The van der Waals surface area contributed by atoms with Crippen LogP contribution in [0.3, 0.4) is 0 Å². The van der Waals surface area contributed by atoms with Crippen LogP contribution >= 0.6 is 0 Å². The summed E-state index contributed by atoms with van der Waals surface area (Å²) in [6, 6.07) is 9.78. The number of methoxy groups -OCH3 is 3. The maximum Gasteiger partial charge on any atom is 0.340 e. The molecule has 1 aliphatic heterocycles. The van der Waals surface area contributed by atoms with Crippen LogP contribution < -0.4 is 24.8 Å². The van der Waals surface area contributed by atoms with E-state index in [1.807, 2.05) is 0 Å². The number of benzene rings is 2. The van der Waals surface area contributed by atoms with E-state index in [9.17, 15) is 14.4 Å². The molecule has 1 aliphatic rings. The minimum absolute atomic E-state index is 0.0814. The van der Waals surface area contributed by atoms with Crippen LogP contribution in [0.15, 0.2) is 36.4 Å². The molecule has 0 aliphatic carbocycles. The Balaban J connectivity index is 1.80. The van der Waals surface area contributed by atoms with Crippen molar-refractivity contribution in [2.24, 2.45) is 0 Å². The Morgan fingerprint density at radius 3 is 2.48 bits per heavy atom. The van der Waals surface area contributed by atoms with Gasteiger partial charge in [-0.15, -0.1) is 0 Å². The number of esters is 1. The number of amides is 2. The molecule has 0 radical (unpaired) electrons. The van der Waals surface area contributed by atoms with Crippen LogP contribution in [0.5, 0.6) is 17.2 Å². The maximum atomic E-state index is 12.6. The van der Waals surface area contributed by atoms with E-state index >= 15 is 0 Å². The minimum Gasteiger partial charge on any atom is -0.493 e. The summed E-state index contributed by atoms with van der Waals surface area (Å²) in [5, 5.41) is 5.30. The molecular formula is C20H20N2O7. The second-order valence-electron chi connectivity index (χ2n) is 6.09. The molecule has 2 aromatic carbocycles. The normalized spacial score (nSPS) is 14.7. The third-order valence-corrected chi connectivity index (χ3v) is 4.28. The van der Waals surface area contributed by atoms with Crippen LogP contribution in [0, 0.1) is 0 Å². The number of carbonyl (C=O) groups is 3. The molecule has 1 unspecified atom stereocenters. The number of fused-ring (bicyclic) bond motifs is 1. The van der Waals surface area contributed by atoms with Crippen LogP contribution in [-0.4, -0.2) is 45.2 Å². The fraction of sp³-hybridized carbons (Fsp3) is 0.250. The van der Waals surface area contributed by atoms with Gasteiger partial charge in [-0.3, -0.25) is 9.59 Å². The lowest BCUT2D eigenvalue weighted by Gasteiger charge is -2.25. The molecule has 29 heavy (non-hydrogen) atoms. The van der Waals surface area contributed by atoms with Crippen molar-refractivity contribution in [1.29, 1.82) is 0 Å². The molecule has 0 spiro atoms. The van der Waals surface area contributed by atoms with Gasteiger partial charge in [0.25, 0.3) is 5.91 Å². The van der Waals surface area contributed by atoms with Crippen molar-refractivity contribution in [2.45, 2.75) is 12.5 Å². The van der Waals surface area contributed by atoms with Crippen molar-refractivity contribution in [1.82, 2.24) is 0 Å². The highest BCUT2D eigenvalue weighted by molar-refractivity contribution is 6.05. The number of rotatable bonds is 6. The van der Waals surface area contributed by atoms with Gasteiger partial charge >= 0.3 is 5.97 Å². The van der Waals surface area contributed by atoms with Gasteiger partial charge < -0.3 is 29.6 Å². The van der Waals surface area contributed by atoms with E-state index < -0.39 is 23.9 Å². The van der Waals surface area contributed by atoms with Gasteiger partial charge in [0.15, 0.2) is 17.6 Å². The summed E-state index contributed by atoms with van der Waals surface area (Å²) in [6.07, 6.45) is -1.26. The summed E-state index contributed by atoms with van der Waals surface area (Å²) < 4.78 is 20.8. The fourth-order valence-electron chi connectivity index (χ4n) is 2.86. The van der Waals surface area contributed by atoms with E-state index in [1.54, 1.807) is 24.3 Å². The number of hydrogen-bond donors (Lipinski definition) is 2. The van der Waals surface area contributed by atoms with Gasteiger partial charge in [0.05, 0.1) is 44.7 Å². The predicted molar refractivity (Wildman–Crippen MR) is 104 cm³/mol. The number of para-hydroxylation sites is 2. The number of nitrogens with one attached hydrogen (secondary N) is 2. The molecule has 1 atom stereocenters. The van der Waals surface area contributed by atoms with Crippen molar-refractivity contribution in [3.63, 3.8) is 0 Å². The van der Waals surface area contributed by atoms with Gasteiger partial charge in [-0.2, -0.15) is 0 Å². The van der Waals surface area contributed by atoms with Crippen molar-refractivity contribution in [3.8, 4) is 17.2 Å². The molecule has 3 rings (SSSR count). The van der Waals surface area contributed by atoms with Gasteiger partial charge in [-0.25, -0.2) is 4.79 Å². The van der Waals surface area contributed by atoms with Crippen LogP contribution in [0.1, 0.15) is 16.8 Å². The van der Waals surface area contributed by atoms with E-state index in [-0.39, 0.29) is 17.7 Å². The molecule has 2 N–H and O–H groups in total. The second-order valence-corrected chi connectivity index (χ2v) is 6.09. The Kier molecular flexibility index (Phi) is 5.87. The smallest absolute Gasteiger partial charge is 0.340 e. The Bertz CT molecular complexity index is 958. The van der Waals surface area contributed by atoms with Crippen LogP contribution in [0.25, 0.3) is 0 Å². The highest BCUT2D eigenvalue weighted by Crippen LogP contribution is 2.34. The summed E-state index contributed by atoms with van der Waals surface area (Å²) in [7, 11) is 4.08. The van der Waals surface area contributed by atoms with Gasteiger partial charge in [-0.05, 0) is 12.1 Å². The van der Waals surface area contributed by atoms with Crippen molar-refractivity contribution >= 4 is 29.2 Å². The average molecular weight is 400 g/mol. The first-order chi connectivity index (χ1) is 14.0. The Hall–Kier alpha value is -3.75. The Labute approximate surface area is 166 Å². The lowest BCUT2D eigenvalue weighted by atomic mass is 10.1. The topological polar surface area (TPSA) is 112 Å². The van der Waals surface area contributed by atoms with E-state index in [0.29, 0.717) is 22.9 Å². The summed E-state index contributed by atoms with van der Waals surface area (Å²) in [5.41, 5.74) is 0.788. The summed E-state index contributed by atoms with van der Waals surface area (Å²) in [4.78, 5) is 36.9. The molecule has 9 nitrogen and oxygen atoms in total. The molecule has 0 bridgehead atoms. The van der Waals surface area contributed by atoms with Crippen molar-refractivity contribution in [3.05, 3.63) is 42.0 Å². The highest BCUT2D eigenvalue weighted by atomic mass is 16.5. The molecular weight excluding hydrogens is 380 g/mol. The molecule has 0 fully saturated rings. The average Bonchev–Trinajstić information content (AvgIpc) is 2.73. The third kappa shape index (κ3) is 4.23. The molecule has 0 aromatic heterocycles. The quantitative estimate of drug-likeness (QED) is 0.715. The zero-order chi connectivity index (χ0) is 21.0. The first-order valence-corrected chi connectivity index (χ1v) is 8.67. The SMILES string of the molecule is COC(=O)c1cc(OC)c(OC)cc1NC(=O)CC1Oc2ccccc2NC1=O. The first-order valence-electron chi connectivity index (χ1n) is 8.67. The van der Waals surface area contributed by atoms with Gasteiger partial charge in [0, 0.05) is 12.1 Å². The second kappa shape index (κ2) is 8.51. The van der Waals surface area contributed by atoms with Crippen molar-refractivity contribution < 1.29 is 33.3 Å². The van der Waals surface area contributed by atoms with Gasteiger partial charge in [0.1, 0.15) is 5.75 Å². The fourth-order valence-corrected chi connectivity index (χ4v) is 2.86. The third-order valence-electron chi connectivity index (χ3n) is 4.28. The molecule has 2 aromatic rings. The Morgan fingerprint density at radius 2 is 1.79 bits per heavy atom. The zero-order valence-electron chi connectivity index (χ0n) is 16.1.